The van der Waals surface area contributed by atoms with Gasteiger partial charge in [0.25, 0.3) is 0 Å². The van der Waals surface area contributed by atoms with Crippen LogP contribution in [-0.2, 0) is 0 Å². The average molecular weight is 360 g/mol. The molecule has 26 heavy (non-hydrogen) atoms. The smallest absolute Gasteiger partial charge is 0.319 e. The summed E-state index contributed by atoms with van der Waals surface area (Å²) in [7, 11) is 4.57. The first-order chi connectivity index (χ1) is 12.6. The zero-order valence-corrected chi connectivity index (χ0v) is 15.4. The molecule has 1 aromatic heterocycles. The number of amides is 2. The minimum atomic E-state index is -0.326. The molecule has 0 aliphatic heterocycles. The number of nitrogens with one attached hydrogen (secondary N) is 3. The average Bonchev–Trinajstić information content (AvgIpc) is 2.65. The summed E-state index contributed by atoms with van der Waals surface area (Å²) in [6.45, 7) is 3.02. The van der Waals surface area contributed by atoms with E-state index in [0.717, 1.165) is 11.3 Å². The Hall–Kier alpha value is -3.16. The van der Waals surface area contributed by atoms with Gasteiger partial charge in [0.05, 0.1) is 27.0 Å². The molecule has 0 aliphatic carbocycles. The third-order valence-corrected chi connectivity index (χ3v) is 3.67. The van der Waals surface area contributed by atoms with Crippen LogP contribution >= 0.6 is 0 Å². The molecule has 2 rings (SSSR count). The molecular weight excluding hydrogens is 336 g/mol. The van der Waals surface area contributed by atoms with Crippen LogP contribution in [-0.4, -0.2) is 45.4 Å². The van der Waals surface area contributed by atoms with Crippen LogP contribution in [0.25, 0.3) is 0 Å². The number of benzene rings is 1. The molecule has 0 bridgehead atoms. The third kappa shape index (κ3) is 4.92. The molecule has 140 valence electrons. The lowest BCUT2D eigenvalue weighted by molar-refractivity contribution is 0.252. The lowest BCUT2D eigenvalue weighted by Crippen LogP contribution is -2.32. The molecule has 0 radical (unpaired) electrons. The van der Waals surface area contributed by atoms with Crippen molar-refractivity contribution in [2.24, 2.45) is 0 Å². The second-order valence-corrected chi connectivity index (χ2v) is 5.41. The maximum atomic E-state index is 12.1. The molecule has 1 heterocycles. The molecule has 0 spiro atoms. The highest BCUT2D eigenvalue weighted by Crippen LogP contribution is 2.39. The maximum absolute atomic E-state index is 12.1. The standard InChI is InChI=1S/C18H24N4O4/c1-12-11-19-6-5-14(12)20-7-8-21-18(23)22-13-9-15(24-2)17(26-4)16(10-13)25-3/h5-6,9-11H,7-8H2,1-4H3,(H,19,20)(H2,21,22,23). The van der Waals surface area contributed by atoms with Gasteiger partial charge in [0.1, 0.15) is 0 Å². The zero-order chi connectivity index (χ0) is 18.9. The fraction of sp³-hybridized carbons (Fsp3) is 0.333. The van der Waals surface area contributed by atoms with Crippen LogP contribution in [0, 0.1) is 6.92 Å². The number of anilines is 2. The highest BCUT2D eigenvalue weighted by Gasteiger charge is 2.14. The Bertz CT molecular complexity index is 727. The Kier molecular flexibility index (Phi) is 6.90. The van der Waals surface area contributed by atoms with E-state index in [1.54, 1.807) is 24.5 Å². The molecule has 0 unspecified atom stereocenters. The molecule has 2 amide bonds. The number of ether oxygens (including phenoxy) is 3. The molecule has 3 N–H and O–H groups in total. The van der Waals surface area contributed by atoms with Crippen LogP contribution in [0.5, 0.6) is 17.2 Å². The first-order valence-electron chi connectivity index (χ1n) is 8.08. The van der Waals surface area contributed by atoms with Gasteiger partial charge in [-0.25, -0.2) is 4.79 Å². The van der Waals surface area contributed by atoms with E-state index in [-0.39, 0.29) is 6.03 Å². The van der Waals surface area contributed by atoms with Crippen molar-refractivity contribution in [3.63, 3.8) is 0 Å². The van der Waals surface area contributed by atoms with E-state index in [1.807, 2.05) is 13.0 Å². The summed E-state index contributed by atoms with van der Waals surface area (Å²) < 4.78 is 15.8. The number of rotatable bonds is 8. The lowest BCUT2D eigenvalue weighted by Gasteiger charge is -2.15. The fourth-order valence-corrected chi connectivity index (χ4v) is 2.37. The molecule has 0 aliphatic rings. The quantitative estimate of drug-likeness (QED) is 0.627. The predicted molar refractivity (Wildman–Crippen MR) is 101 cm³/mol. The van der Waals surface area contributed by atoms with E-state index < -0.39 is 0 Å². The second-order valence-electron chi connectivity index (χ2n) is 5.41. The van der Waals surface area contributed by atoms with Crippen LogP contribution in [0.1, 0.15) is 5.56 Å². The largest absolute Gasteiger partial charge is 0.493 e. The normalized spacial score (nSPS) is 10.0. The van der Waals surface area contributed by atoms with E-state index in [2.05, 4.69) is 20.9 Å². The first-order valence-corrected chi connectivity index (χ1v) is 8.08. The number of nitrogens with zero attached hydrogens (tertiary/aromatic N) is 1. The molecule has 8 nitrogen and oxygen atoms in total. The Balaban J connectivity index is 1.88. The van der Waals surface area contributed by atoms with Crippen molar-refractivity contribution in [2.75, 3.05) is 45.1 Å². The van der Waals surface area contributed by atoms with Crippen molar-refractivity contribution in [3.8, 4) is 17.2 Å². The minimum absolute atomic E-state index is 0.326. The number of hydrogen-bond acceptors (Lipinski definition) is 6. The van der Waals surface area contributed by atoms with Crippen molar-refractivity contribution in [1.29, 1.82) is 0 Å². The van der Waals surface area contributed by atoms with Crippen molar-refractivity contribution in [3.05, 3.63) is 36.2 Å². The maximum Gasteiger partial charge on any atom is 0.319 e. The topological polar surface area (TPSA) is 93.7 Å². The molecule has 8 heteroatoms. The summed E-state index contributed by atoms with van der Waals surface area (Å²) in [5.74, 6) is 1.41. The summed E-state index contributed by atoms with van der Waals surface area (Å²) in [6, 6.07) is 4.90. The Morgan fingerprint density at radius 1 is 1.08 bits per heavy atom. The predicted octanol–water partition coefficient (Wildman–Crippen LogP) is 2.65. The monoisotopic (exact) mass is 360 g/mol. The van der Waals surface area contributed by atoms with Crippen LogP contribution in [0.15, 0.2) is 30.6 Å². The van der Waals surface area contributed by atoms with Gasteiger partial charge in [0.2, 0.25) is 5.75 Å². The number of pyridine rings is 1. The summed E-state index contributed by atoms with van der Waals surface area (Å²) in [4.78, 5) is 16.1. The lowest BCUT2D eigenvalue weighted by atomic mass is 10.2. The molecule has 1 aromatic carbocycles. The summed E-state index contributed by atoms with van der Waals surface area (Å²) in [5.41, 5.74) is 2.58. The molecule has 2 aromatic rings. The van der Waals surface area contributed by atoms with E-state index in [4.69, 9.17) is 14.2 Å². The number of hydrogen-bond donors (Lipinski definition) is 3. The summed E-state index contributed by atoms with van der Waals surface area (Å²) >= 11 is 0. The highest BCUT2D eigenvalue weighted by atomic mass is 16.5. The number of carbonyl (C=O) groups excluding carboxylic acids is 1. The molecule has 0 atom stereocenters. The van der Waals surface area contributed by atoms with E-state index in [0.29, 0.717) is 36.0 Å². The Labute approximate surface area is 152 Å². The van der Waals surface area contributed by atoms with Gasteiger partial charge in [-0.1, -0.05) is 0 Å². The highest BCUT2D eigenvalue weighted by molar-refractivity contribution is 5.90. The van der Waals surface area contributed by atoms with E-state index in [1.165, 1.54) is 21.3 Å². The van der Waals surface area contributed by atoms with Crippen LogP contribution in [0.4, 0.5) is 16.2 Å². The van der Waals surface area contributed by atoms with Crippen LogP contribution in [0.3, 0.4) is 0 Å². The Morgan fingerprint density at radius 2 is 1.77 bits per heavy atom. The SMILES string of the molecule is COc1cc(NC(=O)NCCNc2ccncc2C)cc(OC)c1OC. The summed E-state index contributed by atoms with van der Waals surface area (Å²) in [5, 5.41) is 8.78. The van der Waals surface area contributed by atoms with E-state index >= 15 is 0 Å². The number of methoxy groups -OCH3 is 3. The van der Waals surface area contributed by atoms with Gasteiger partial charge in [-0.15, -0.1) is 0 Å². The van der Waals surface area contributed by atoms with Gasteiger partial charge >= 0.3 is 6.03 Å². The van der Waals surface area contributed by atoms with Crippen LogP contribution in [0.2, 0.25) is 0 Å². The second kappa shape index (κ2) is 9.36. The van der Waals surface area contributed by atoms with E-state index in [9.17, 15) is 4.79 Å². The first kappa shape index (κ1) is 19.2. The van der Waals surface area contributed by atoms with Gasteiger partial charge in [0, 0.05) is 43.3 Å². The van der Waals surface area contributed by atoms with Gasteiger partial charge in [-0.2, -0.15) is 0 Å². The van der Waals surface area contributed by atoms with Gasteiger partial charge in [0.15, 0.2) is 11.5 Å². The zero-order valence-electron chi connectivity index (χ0n) is 15.4. The molecular formula is C18H24N4O4. The van der Waals surface area contributed by atoms with Crippen molar-refractivity contribution in [1.82, 2.24) is 10.3 Å². The third-order valence-electron chi connectivity index (χ3n) is 3.67. The molecule has 0 saturated heterocycles. The van der Waals surface area contributed by atoms with Gasteiger partial charge in [-0.05, 0) is 18.6 Å². The molecule has 0 fully saturated rings. The van der Waals surface area contributed by atoms with Crippen molar-refractivity contribution in [2.45, 2.75) is 6.92 Å². The summed E-state index contributed by atoms with van der Waals surface area (Å²) in [6.07, 6.45) is 3.51. The van der Waals surface area contributed by atoms with Gasteiger partial charge < -0.3 is 30.2 Å². The fourth-order valence-electron chi connectivity index (χ4n) is 2.37. The number of carbonyl (C=O) groups is 1. The van der Waals surface area contributed by atoms with Gasteiger partial charge in [-0.3, -0.25) is 4.98 Å². The van der Waals surface area contributed by atoms with Crippen LogP contribution < -0.4 is 30.2 Å². The number of aryl methyl sites for hydroxylation is 1. The van der Waals surface area contributed by atoms with Crippen molar-refractivity contribution >= 4 is 17.4 Å². The number of aromatic nitrogens is 1. The minimum Gasteiger partial charge on any atom is -0.493 e. The van der Waals surface area contributed by atoms with Crippen molar-refractivity contribution < 1.29 is 19.0 Å². The Morgan fingerprint density at radius 3 is 2.35 bits per heavy atom. The molecule has 0 saturated carbocycles. The number of urea groups is 1.